The molecule has 2 aliphatic heterocycles. The molecule has 0 bridgehead atoms. The highest BCUT2D eigenvalue weighted by Gasteiger charge is 2.16. The smallest absolute Gasteiger partial charge is 0.119 e. The van der Waals surface area contributed by atoms with E-state index in [0.29, 0.717) is 0 Å². The second-order valence-corrected chi connectivity index (χ2v) is 10.2. The number of ether oxygens (including phenoxy) is 2. The van der Waals surface area contributed by atoms with Crippen LogP contribution in [0.2, 0.25) is 0 Å². The van der Waals surface area contributed by atoms with E-state index in [4.69, 9.17) is 9.47 Å². The molecule has 2 saturated heterocycles. The summed E-state index contributed by atoms with van der Waals surface area (Å²) in [6.45, 7) is 10.8. The standard InChI is InChI=1S/C31H40N4O2/c1-32-14-16-34(17-15-32)29-10-8-27(9-11-29)24-35(25-28-4-3-5-31(22-28)36-2)30-12-6-26(7-13-30)23-33-18-20-37-21-19-33/h3-13,22H,14-21,23-25H2,1-2H3. The highest BCUT2D eigenvalue weighted by atomic mass is 16.5. The fourth-order valence-corrected chi connectivity index (χ4v) is 5.16. The zero-order chi connectivity index (χ0) is 25.5. The lowest BCUT2D eigenvalue weighted by molar-refractivity contribution is 0.0342. The molecule has 37 heavy (non-hydrogen) atoms. The molecule has 2 aliphatic rings. The average molecular weight is 501 g/mol. The third-order valence-electron chi connectivity index (χ3n) is 7.50. The first kappa shape index (κ1) is 25.6. The van der Waals surface area contributed by atoms with Crippen LogP contribution in [-0.2, 0) is 24.4 Å². The second kappa shape index (κ2) is 12.5. The molecule has 0 radical (unpaired) electrons. The molecule has 2 fully saturated rings. The Morgan fingerprint density at radius 2 is 1.43 bits per heavy atom. The summed E-state index contributed by atoms with van der Waals surface area (Å²) in [5, 5.41) is 0. The van der Waals surface area contributed by atoms with Crippen molar-refractivity contribution in [1.82, 2.24) is 9.80 Å². The van der Waals surface area contributed by atoms with Crippen LogP contribution in [0.4, 0.5) is 11.4 Å². The molecule has 3 aromatic carbocycles. The van der Waals surface area contributed by atoms with Gasteiger partial charge in [-0.2, -0.15) is 0 Å². The quantitative estimate of drug-likeness (QED) is 0.431. The van der Waals surface area contributed by atoms with Gasteiger partial charge in [0, 0.05) is 70.3 Å². The zero-order valence-corrected chi connectivity index (χ0v) is 22.3. The van der Waals surface area contributed by atoms with E-state index < -0.39 is 0 Å². The van der Waals surface area contributed by atoms with Crippen LogP contribution >= 0.6 is 0 Å². The number of likely N-dealkylation sites (N-methyl/N-ethyl adjacent to an activating group) is 1. The number of morpholine rings is 1. The molecule has 6 nitrogen and oxygen atoms in total. The highest BCUT2D eigenvalue weighted by molar-refractivity contribution is 5.52. The summed E-state index contributed by atoms with van der Waals surface area (Å²) in [6, 6.07) is 26.6. The van der Waals surface area contributed by atoms with Crippen LogP contribution in [-0.4, -0.2) is 76.4 Å². The summed E-state index contributed by atoms with van der Waals surface area (Å²) in [5.41, 5.74) is 6.47. The molecular formula is C31H40N4O2. The number of hydrogen-bond acceptors (Lipinski definition) is 6. The van der Waals surface area contributed by atoms with Crippen molar-refractivity contribution in [3.8, 4) is 5.75 Å². The van der Waals surface area contributed by atoms with Crippen LogP contribution in [0.3, 0.4) is 0 Å². The lowest BCUT2D eigenvalue weighted by Gasteiger charge is -2.34. The van der Waals surface area contributed by atoms with Crippen LogP contribution in [0, 0.1) is 0 Å². The molecule has 5 rings (SSSR count). The predicted molar refractivity (Wildman–Crippen MR) is 152 cm³/mol. The van der Waals surface area contributed by atoms with Crippen molar-refractivity contribution in [2.24, 2.45) is 0 Å². The number of nitrogens with zero attached hydrogens (tertiary/aromatic N) is 4. The Bertz CT molecular complexity index is 1100. The van der Waals surface area contributed by atoms with Gasteiger partial charge in [0.2, 0.25) is 0 Å². The summed E-state index contributed by atoms with van der Waals surface area (Å²) in [6.07, 6.45) is 0. The minimum absolute atomic E-state index is 0.820. The summed E-state index contributed by atoms with van der Waals surface area (Å²) in [4.78, 5) is 9.81. The number of hydrogen-bond donors (Lipinski definition) is 0. The molecule has 6 heteroatoms. The maximum Gasteiger partial charge on any atom is 0.119 e. The van der Waals surface area contributed by atoms with Crippen molar-refractivity contribution in [3.05, 3.63) is 89.5 Å². The van der Waals surface area contributed by atoms with Gasteiger partial charge in [0.1, 0.15) is 5.75 Å². The van der Waals surface area contributed by atoms with Crippen LogP contribution in [0.5, 0.6) is 5.75 Å². The Kier molecular flexibility index (Phi) is 8.61. The van der Waals surface area contributed by atoms with Gasteiger partial charge in [0.25, 0.3) is 0 Å². The Labute approximate surface area is 222 Å². The van der Waals surface area contributed by atoms with Gasteiger partial charge in [0.15, 0.2) is 0 Å². The van der Waals surface area contributed by atoms with Crippen molar-refractivity contribution in [2.75, 3.05) is 76.4 Å². The molecule has 2 heterocycles. The molecule has 0 aliphatic carbocycles. The Morgan fingerprint density at radius 3 is 2.14 bits per heavy atom. The topological polar surface area (TPSA) is 31.4 Å². The minimum Gasteiger partial charge on any atom is -0.497 e. The van der Waals surface area contributed by atoms with E-state index in [-0.39, 0.29) is 0 Å². The van der Waals surface area contributed by atoms with Crippen molar-refractivity contribution in [1.29, 1.82) is 0 Å². The van der Waals surface area contributed by atoms with E-state index in [1.807, 2.05) is 6.07 Å². The number of anilines is 2. The van der Waals surface area contributed by atoms with Gasteiger partial charge < -0.3 is 24.2 Å². The summed E-state index contributed by atoms with van der Waals surface area (Å²) < 4.78 is 11.0. The van der Waals surface area contributed by atoms with E-state index in [1.54, 1.807) is 7.11 Å². The first-order valence-corrected chi connectivity index (χ1v) is 13.5. The van der Waals surface area contributed by atoms with Gasteiger partial charge in [0.05, 0.1) is 20.3 Å². The maximum absolute atomic E-state index is 5.50. The van der Waals surface area contributed by atoms with E-state index in [1.165, 1.54) is 28.1 Å². The fourth-order valence-electron chi connectivity index (χ4n) is 5.16. The van der Waals surface area contributed by atoms with E-state index in [2.05, 4.69) is 93.4 Å². The Morgan fingerprint density at radius 1 is 0.757 bits per heavy atom. The molecule has 0 amide bonds. The fraction of sp³-hybridized carbons (Fsp3) is 0.419. The largest absolute Gasteiger partial charge is 0.497 e. The lowest BCUT2D eigenvalue weighted by atomic mass is 10.1. The van der Waals surface area contributed by atoms with Gasteiger partial charge in [-0.3, -0.25) is 4.90 Å². The van der Waals surface area contributed by atoms with E-state index >= 15 is 0 Å². The number of rotatable bonds is 9. The molecule has 3 aromatic rings. The maximum atomic E-state index is 5.50. The summed E-state index contributed by atoms with van der Waals surface area (Å²) >= 11 is 0. The molecule has 0 unspecified atom stereocenters. The summed E-state index contributed by atoms with van der Waals surface area (Å²) in [5.74, 6) is 0.898. The summed E-state index contributed by atoms with van der Waals surface area (Å²) in [7, 11) is 3.93. The Hall–Kier alpha value is -3.06. The third kappa shape index (κ3) is 7.04. The third-order valence-corrected chi connectivity index (χ3v) is 7.50. The van der Waals surface area contributed by atoms with E-state index in [0.717, 1.165) is 77.9 Å². The molecule has 0 aromatic heterocycles. The van der Waals surface area contributed by atoms with Gasteiger partial charge in [-0.1, -0.05) is 36.4 Å². The minimum atomic E-state index is 0.820. The second-order valence-electron chi connectivity index (χ2n) is 10.2. The van der Waals surface area contributed by atoms with Gasteiger partial charge >= 0.3 is 0 Å². The number of benzene rings is 3. The predicted octanol–water partition coefficient (Wildman–Crippen LogP) is 4.49. The van der Waals surface area contributed by atoms with Gasteiger partial charge in [-0.25, -0.2) is 0 Å². The first-order chi connectivity index (χ1) is 18.2. The molecule has 0 N–H and O–H groups in total. The SMILES string of the molecule is COc1cccc(CN(Cc2ccc(N3CCN(C)CC3)cc2)c2ccc(CN3CCOCC3)cc2)c1. The molecule has 0 saturated carbocycles. The zero-order valence-electron chi connectivity index (χ0n) is 22.3. The van der Waals surface area contributed by atoms with Crippen LogP contribution in [0.25, 0.3) is 0 Å². The molecule has 0 atom stereocenters. The monoisotopic (exact) mass is 500 g/mol. The van der Waals surface area contributed by atoms with Crippen LogP contribution in [0.1, 0.15) is 16.7 Å². The van der Waals surface area contributed by atoms with Crippen molar-refractivity contribution in [3.63, 3.8) is 0 Å². The normalized spacial score (nSPS) is 17.1. The van der Waals surface area contributed by atoms with Crippen LogP contribution in [0.15, 0.2) is 72.8 Å². The highest BCUT2D eigenvalue weighted by Crippen LogP contribution is 2.25. The average Bonchev–Trinajstić information content (AvgIpc) is 2.95. The van der Waals surface area contributed by atoms with Crippen molar-refractivity contribution >= 4 is 11.4 Å². The van der Waals surface area contributed by atoms with Crippen molar-refractivity contribution in [2.45, 2.75) is 19.6 Å². The van der Waals surface area contributed by atoms with Gasteiger partial charge in [-0.05, 0) is 60.1 Å². The molecule has 0 spiro atoms. The Balaban J connectivity index is 1.31. The number of piperazine rings is 1. The lowest BCUT2D eigenvalue weighted by Crippen LogP contribution is -2.44. The molecule has 196 valence electrons. The first-order valence-electron chi connectivity index (χ1n) is 13.5. The number of methoxy groups -OCH3 is 1. The van der Waals surface area contributed by atoms with Gasteiger partial charge in [-0.15, -0.1) is 0 Å². The van der Waals surface area contributed by atoms with Crippen molar-refractivity contribution < 1.29 is 9.47 Å². The van der Waals surface area contributed by atoms with Crippen LogP contribution < -0.4 is 14.5 Å². The van der Waals surface area contributed by atoms with E-state index in [9.17, 15) is 0 Å². The molecular weight excluding hydrogens is 460 g/mol.